The van der Waals surface area contributed by atoms with Gasteiger partial charge in [-0.15, -0.1) is 11.8 Å². The molecule has 0 unspecified atom stereocenters. The Labute approximate surface area is 179 Å². The Bertz CT molecular complexity index is 1150. The summed E-state index contributed by atoms with van der Waals surface area (Å²) in [7, 11) is 0. The summed E-state index contributed by atoms with van der Waals surface area (Å²) in [4.78, 5) is 29.8. The van der Waals surface area contributed by atoms with E-state index in [1.54, 1.807) is 17.0 Å². The molecular formula is C24H23FN2O2S. The Morgan fingerprint density at radius 1 is 1.03 bits per heavy atom. The summed E-state index contributed by atoms with van der Waals surface area (Å²) in [5.74, 6) is -0.639. The van der Waals surface area contributed by atoms with Gasteiger partial charge in [0.1, 0.15) is 5.82 Å². The molecule has 3 aliphatic heterocycles. The molecule has 4 nitrogen and oxygen atoms in total. The van der Waals surface area contributed by atoms with Crippen LogP contribution in [0.15, 0.2) is 42.5 Å². The molecule has 3 heterocycles. The number of amides is 2. The van der Waals surface area contributed by atoms with E-state index in [1.165, 1.54) is 23.9 Å². The summed E-state index contributed by atoms with van der Waals surface area (Å²) < 4.78 is 13.6. The zero-order valence-electron chi connectivity index (χ0n) is 17.6. The first-order chi connectivity index (χ1) is 14.1. The van der Waals surface area contributed by atoms with Gasteiger partial charge in [-0.05, 0) is 76.1 Å². The molecule has 1 fully saturated rings. The maximum absolute atomic E-state index is 14.2. The maximum Gasteiger partial charge on any atom is 0.269 e. The van der Waals surface area contributed by atoms with Crippen LogP contribution in [0, 0.1) is 12.7 Å². The van der Waals surface area contributed by atoms with E-state index in [-0.39, 0.29) is 17.6 Å². The zero-order valence-corrected chi connectivity index (χ0v) is 18.4. The molecule has 0 aromatic heterocycles. The molecule has 2 amide bonds. The van der Waals surface area contributed by atoms with Gasteiger partial charge in [-0.1, -0.05) is 12.1 Å². The molecule has 2 aromatic rings. The number of nitrogens with zero attached hydrogens (tertiary/aromatic N) is 2. The Balaban J connectivity index is 1.84. The second kappa shape index (κ2) is 5.97. The molecule has 30 heavy (non-hydrogen) atoms. The van der Waals surface area contributed by atoms with Crippen molar-refractivity contribution in [2.24, 2.45) is 0 Å². The minimum Gasteiger partial charge on any atom is -0.299 e. The van der Waals surface area contributed by atoms with Crippen molar-refractivity contribution in [1.29, 1.82) is 0 Å². The van der Waals surface area contributed by atoms with Crippen LogP contribution in [0.5, 0.6) is 0 Å². The summed E-state index contributed by atoms with van der Waals surface area (Å²) in [6.45, 7) is 9.95. The van der Waals surface area contributed by atoms with Gasteiger partial charge in [-0.2, -0.15) is 0 Å². The van der Waals surface area contributed by atoms with E-state index < -0.39 is 15.7 Å². The molecule has 3 aliphatic rings. The van der Waals surface area contributed by atoms with Gasteiger partial charge in [0.2, 0.25) is 10.8 Å². The second-order valence-corrected chi connectivity index (χ2v) is 10.4. The minimum absolute atomic E-state index is 0.120. The van der Waals surface area contributed by atoms with Crippen LogP contribution in [0.4, 0.5) is 15.8 Å². The number of allylic oxidation sites excluding steroid dienone is 1. The number of rotatable bonds is 1. The van der Waals surface area contributed by atoms with Gasteiger partial charge in [-0.25, -0.2) is 4.39 Å². The van der Waals surface area contributed by atoms with Gasteiger partial charge in [-0.3, -0.25) is 19.4 Å². The molecule has 6 heteroatoms. The number of carbonyl (C=O) groups is 2. The van der Waals surface area contributed by atoms with E-state index in [0.29, 0.717) is 5.69 Å². The third-order valence-corrected chi connectivity index (χ3v) is 7.70. The van der Waals surface area contributed by atoms with E-state index >= 15 is 0 Å². The number of anilines is 2. The normalized spacial score (nSPS) is 26.5. The fourth-order valence-corrected chi connectivity index (χ4v) is 6.59. The Morgan fingerprint density at radius 3 is 2.37 bits per heavy atom. The molecule has 0 radical (unpaired) electrons. The van der Waals surface area contributed by atoms with Crippen LogP contribution < -0.4 is 9.80 Å². The van der Waals surface area contributed by atoms with Crippen molar-refractivity contribution in [3.05, 3.63) is 65.0 Å². The zero-order chi connectivity index (χ0) is 21.6. The highest BCUT2D eigenvalue weighted by Crippen LogP contribution is 2.61. The van der Waals surface area contributed by atoms with Crippen LogP contribution in [0.3, 0.4) is 0 Å². The van der Waals surface area contributed by atoms with Crippen molar-refractivity contribution in [3.8, 4) is 0 Å². The highest BCUT2D eigenvalue weighted by molar-refractivity contribution is 8.03. The Hall–Kier alpha value is -2.60. The monoisotopic (exact) mass is 422 g/mol. The lowest BCUT2D eigenvalue weighted by molar-refractivity contribution is -0.124. The number of fused-ring (bicyclic) bond motifs is 1. The number of thioether (sulfide) groups is 1. The van der Waals surface area contributed by atoms with Gasteiger partial charge < -0.3 is 0 Å². The topological polar surface area (TPSA) is 40.6 Å². The predicted octanol–water partition coefficient (Wildman–Crippen LogP) is 5.00. The number of aryl methyl sites for hydroxylation is 1. The van der Waals surface area contributed by atoms with Crippen molar-refractivity contribution in [1.82, 2.24) is 0 Å². The van der Waals surface area contributed by atoms with Crippen LogP contribution in [0.2, 0.25) is 0 Å². The molecule has 2 aromatic carbocycles. The van der Waals surface area contributed by atoms with Crippen molar-refractivity contribution < 1.29 is 14.0 Å². The van der Waals surface area contributed by atoms with Crippen LogP contribution >= 0.6 is 11.8 Å². The van der Waals surface area contributed by atoms with E-state index in [4.69, 9.17) is 0 Å². The number of carbonyl (C=O) groups excluding carboxylic acids is 2. The van der Waals surface area contributed by atoms with Crippen LogP contribution in [0.25, 0.3) is 5.57 Å². The number of benzene rings is 2. The van der Waals surface area contributed by atoms with Gasteiger partial charge >= 0.3 is 0 Å². The molecule has 5 rings (SSSR count). The van der Waals surface area contributed by atoms with Gasteiger partial charge in [0.25, 0.3) is 5.91 Å². The molecule has 2 atom stereocenters. The molecule has 0 aliphatic carbocycles. The Morgan fingerprint density at radius 2 is 1.70 bits per heavy atom. The highest BCUT2D eigenvalue weighted by atomic mass is 32.2. The largest absolute Gasteiger partial charge is 0.299 e. The number of hydrogen-bond acceptors (Lipinski definition) is 3. The molecular weight excluding hydrogens is 399 g/mol. The van der Waals surface area contributed by atoms with Crippen LogP contribution in [-0.4, -0.2) is 22.6 Å². The SMILES string of the molecule is CC1=CC(C)(C)N2C(=O)[C@]3(S[C@@H](C)C(=O)N3c3ccc(F)cc3)c3cc(C)cc1c32. The van der Waals surface area contributed by atoms with Crippen molar-refractivity contribution in [3.63, 3.8) is 0 Å². The smallest absolute Gasteiger partial charge is 0.269 e. The van der Waals surface area contributed by atoms with Crippen molar-refractivity contribution >= 4 is 40.5 Å². The van der Waals surface area contributed by atoms with Gasteiger partial charge in [0.05, 0.1) is 16.5 Å². The number of halogens is 1. The van der Waals surface area contributed by atoms with Crippen molar-refractivity contribution in [2.45, 2.75) is 50.3 Å². The Kier molecular flexibility index (Phi) is 3.86. The van der Waals surface area contributed by atoms with Crippen LogP contribution in [-0.2, 0) is 14.5 Å². The summed E-state index contributed by atoms with van der Waals surface area (Å²) in [6.07, 6.45) is 2.11. The van der Waals surface area contributed by atoms with Crippen molar-refractivity contribution in [2.75, 3.05) is 9.80 Å². The van der Waals surface area contributed by atoms with E-state index in [1.807, 2.05) is 38.7 Å². The third kappa shape index (κ3) is 2.28. The van der Waals surface area contributed by atoms with E-state index in [2.05, 4.69) is 19.1 Å². The fraction of sp³-hybridized carbons (Fsp3) is 0.333. The lowest BCUT2D eigenvalue weighted by Gasteiger charge is -2.40. The molecule has 1 saturated heterocycles. The summed E-state index contributed by atoms with van der Waals surface area (Å²) in [6, 6.07) is 9.95. The highest BCUT2D eigenvalue weighted by Gasteiger charge is 2.65. The van der Waals surface area contributed by atoms with E-state index in [9.17, 15) is 14.0 Å². The van der Waals surface area contributed by atoms with E-state index in [0.717, 1.165) is 28.0 Å². The van der Waals surface area contributed by atoms with Crippen LogP contribution in [0.1, 0.15) is 44.4 Å². The average Bonchev–Trinajstić information content (AvgIpc) is 3.07. The average molecular weight is 423 g/mol. The summed E-state index contributed by atoms with van der Waals surface area (Å²) >= 11 is 1.38. The summed E-state index contributed by atoms with van der Waals surface area (Å²) in [5.41, 5.74) is 4.93. The second-order valence-electron chi connectivity index (χ2n) is 8.88. The molecule has 0 saturated carbocycles. The lowest BCUT2D eigenvalue weighted by atomic mass is 9.88. The standard InChI is InChI=1S/C24H23FN2O2S/c1-13-10-18-14(2)12-23(4,5)27-20(18)19(11-13)24(22(27)29)26(21(28)15(3)30-24)17-8-6-16(25)7-9-17/h6-12,15H,1-5H3/t15-,24+/m0/s1. The predicted molar refractivity (Wildman–Crippen MR) is 119 cm³/mol. The molecule has 1 spiro atoms. The number of hydrogen-bond donors (Lipinski definition) is 0. The fourth-order valence-electron chi connectivity index (χ4n) is 5.09. The summed E-state index contributed by atoms with van der Waals surface area (Å²) in [5, 5.41) is -0.395. The maximum atomic E-state index is 14.2. The molecule has 0 bridgehead atoms. The lowest BCUT2D eigenvalue weighted by Crippen LogP contribution is -2.55. The third-order valence-electron chi connectivity index (χ3n) is 6.22. The quantitative estimate of drug-likeness (QED) is 0.650. The van der Waals surface area contributed by atoms with Gasteiger partial charge in [0, 0.05) is 16.8 Å². The first kappa shape index (κ1) is 19.4. The first-order valence-electron chi connectivity index (χ1n) is 10.0. The molecule has 0 N–H and O–H groups in total. The van der Waals surface area contributed by atoms with Gasteiger partial charge in [0.15, 0.2) is 0 Å². The molecule has 154 valence electrons. The minimum atomic E-state index is -1.19. The first-order valence-corrected chi connectivity index (χ1v) is 10.9.